The first kappa shape index (κ1) is 17.9. The third-order valence-electron chi connectivity index (χ3n) is 4.13. The van der Waals surface area contributed by atoms with E-state index in [-0.39, 0.29) is 18.4 Å². The van der Waals surface area contributed by atoms with Crippen LogP contribution in [0.5, 0.6) is 0 Å². The Hall–Kier alpha value is -1.45. The van der Waals surface area contributed by atoms with Crippen LogP contribution in [0, 0.1) is 5.92 Å². The van der Waals surface area contributed by atoms with E-state index in [1.54, 1.807) is 26.6 Å². The van der Waals surface area contributed by atoms with E-state index in [9.17, 15) is 13.2 Å². The molecule has 1 atom stereocenters. The number of carbonyl (C=O) groups excluding carboxylic acids is 1. The van der Waals surface area contributed by atoms with Gasteiger partial charge < -0.3 is 9.47 Å². The van der Waals surface area contributed by atoms with E-state index in [0.717, 1.165) is 5.69 Å². The van der Waals surface area contributed by atoms with Crippen LogP contribution >= 0.6 is 0 Å². The largest absolute Gasteiger partial charge is 0.348 e. The van der Waals surface area contributed by atoms with E-state index >= 15 is 0 Å². The number of carbonyl (C=O) groups is 1. The molecule has 0 radical (unpaired) electrons. The molecule has 23 heavy (non-hydrogen) atoms. The number of sulfonamides is 1. The molecule has 1 amide bonds. The first-order chi connectivity index (χ1) is 10.7. The lowest BCUT2D eigenvalue weighted by Gasteiger charge is -2.25. The van der Waals surface area contributed by atoms with Crippen molar-refractivity contribution in [2.75, 3.05) is 46.5 Å². The molecule has 1 unspecified atom stereocenters. The van der Waals surface area contributed by atoms with E-state index in [0.29, 0.717) is 26.2 Å². The molecule has 1 aromatic heterocycles. The van der Waals surface area contributed by atoms with Crippen molar-refractivity contribution in [3.63, 3.8) is 0 Å². The van der Waals surface area contributed by atoms with Crippen molar-refractivity contribution in [2.45, 2.75) is 6.54 Å². The van der Waals surface area contributed by atoms with E-state index < -0.39 is 10.0 Å². The standard InChI is InChI=1S/C14H25N5O3S/c1-16(2)14(20)12-8-18(10-13-7-15-11-17(13)3)5-6-19(9-12)23(4,21)22/h7,11-12H,5-6,8-10H2,1-4H3. The lowest BCUT2D eigenvalue weighted by atomic mass is 10.1. The average molecular weight is 343 g/mol. The maximum atomic E-state index is 12.4. The predicted octanol–water partition coefficient (Wildman–Crippen LogP) is -0.798. The number of nitrogens with zero attached hydrogens (tertiary/aromatic N) is 5. The molecule has 130 valence electrons. The van der Waals surface area contributed by atoms with Gasteiger partial charge in [-0.1, -0.05) is 0 Å². The molecule has 1 saturated heterocycles. The summed E-state index contributed by atoms with van der Waals surface area (Å²) in [4.78, 5) is 20.1. The maximum Gasteiger partial charge on any atom is 0.227 e. The van der Waals surface area contributed by atoms with Crippen molar-refractivity contribution in [1.29, 1.82) is 0 Å². The second-order valence-electron chi connectivity index (χ2n) is 6.28. The van der Waals surface area contributed by atoms with Crippen LogP contribution in [0.25, 0.3) is 0 Å². The van der Waals surface area contributed by atoms with Crippen molar-refractivity contribution in [1.82, 2.24) is 23.7 Å². The summed E-state index contributed by atoms with van der Waals surface area (Å²) in [5.41, 5.74) is 1.04. The first-order valence-corrected chi connectivity index (χ1v) is 9.37. The molecule has 0 bridgehead atoms. The second kappa shape index (κ2) is 6.98. The lowest BCUT2D eigenvalue weighted by molar-refractivity contribution is -0.133. The topological polar surface area (TPSA) is 78.8 Å². The zero-order valence-corrected chi connectivity index (χ0v) is 15.0. The minimum Gasteiger partial charge on any atom is -0.348 e. The predicted molar refractivity (Wildman–Crippen MR) is 87.1 cm³/mol. The normalized spacial score (nSPS) is 21.1. The molecule has 1 fully saturated rings. The van der Waals surface area contributed by atoms with Crippen LogP contribution in [-0.2, 0) is 28.4 Å². The molecule has 0 N–H and O–H groups in total. The third kappa shape index (κ3) is 4.52. The highest BCUT2D eigenvalue weighted by atomic mass is 32.2. The quantitative estimate of drug-likeness (QED) is 0.715. The SMILES string of the molecule is CN(C)C(=O)C1CN(Cc2cncn2C)CCN(S(C)(=O)=O)C1. The average Bonchev–Trinajstić information content (AvgIpc) is 2.73. The number of amides is 1. The molecule has 0 aliphatic carbocycles. The number of imidazole rings is 1. The Morgan fingerprint density at radius 3 is 2.57 bits per heavy atom. The summed E-state index contributed by atoms with van der Waals surface area (Å²) < 4.78 is 27.2. The molecular formula is C14H25N5O3S. The minimum atomic E-state index is -3.32. The van der Waals surface area contributed by atoms with Gasteiger partial charge in [0.25, 0.3) is 0 Å². The summed E-state index contributed by atoms with van der Waals surface area (Å²) in [5, 5.41) is 0. The van der Waals surface area contributed by atoms with Gasteiger partial charge in [-0.15, -0.1) is 0 Å². The second-order valence-corrected chi connectivity index (χ2v) is 8.26. The van der Waals surface area contributed by atoms with E-state index in [2.05, 4.69) is 9.88 Å². The van der Waals surface area contributed by atoms with Crippen LogP contribution in [0.15, 0.2) is 12.5 Å². The van der Waals surface area contributed by atoms with E-state index in [1.807, 2.05) is 11.6 Å². The van der Waals surface area contributed by atoms with Crippen LogP contribution < -0.4 is 0 Å². The Labute approximate surface area is 137 Å². The van der Waals surface area contributed by atoms with Crippen molar-refractivity contribution in [2.24, 2.45) is 13.0 Å². The summed E-state index contributed by atoms with van der Waals surface area (Å²) in [5.74, 6) is -0.411. The van der Waals surface area contributed by atoms with Gasteiger partial charge in [0.1, 0.15) is 0 Å². The zero-order chi connectivity index (χ0) is 17.2. The number of aryl methyl sites for hydroxylation is 1. The zero-order valence-electron chi connectivity index (χ0n) is 14.1. The minimum absolute atomic E-state index is 0.0458. The summed E-state index contributed by atoms with van der Waals surface area (Å²) in [6.07, 6.45) is 4.72. The molecule has 0 aromatic carbocycles. The van der Waals surface area contributed by atoms with Gasteiger partial charge in [-0.2, -0.15) is 0 Å². The van der Waals surface area contributed by atoms with Gasteiger partial charge in [0.2, 0.25) is 15.9 Å². The lowest BCUT2D eigenvalue weighted by Crippen LogP contribution is -2.41. The highest BCUT2D eigenvalue weighted by Crippen LogP contribution is 2.16. The fraction of sp³-hybridized carbons (Fsp3) is 0.714. The Morgan fingerprint density at radius 1 is 1.35 bits per heavy atom. The van der Waals surface area contributed by atoms with Crippen LogP contribution in [0.4, 0.5) is 0 Å². The van der Waals surface area contributed by atoms with Gasteiger partial charge in [-0.05, 0) is 0 Å². The maximum absolute atomic E-state index is 12.4. The summed E-state index contributed by atoms with van der Waals surface area (Å²) in [6, 6.07) is 0. The van der Waals surface area contributed by atoms with Gasteiger partial charge in [-0.25, -0.2) is 17.7 Å². The van der Waals surface area contributed by atoms with Crippen molar-refractivity contribution in [3.05, 3.63) is 18.2 Å². The van der Waals surface area contributed by atoms with Crippen LogP contribution in [0.3, 0.4) is 0 Å². The molecule has 8 nitrogen and oxygen atoms in total. The number of hydrogen-bond acceptors (Lipinski definition) is 5. The Kier molecular flexibility index (Phi) is 5.43. The highest BCUT2D eigenvalue weighted by Gasteiger charge is 2.32. The molecule has 1 aliphatic heterocycles. The van der Waals surface area contributed by atoms with Gasteiger partial charge >= 0.3 is 0 Å². The molecule has 0 spiro atoms. The summed E-state index contributed by atoms with van der Waals surface area (Å²) in [7, 11) is 2.00. The van der Waals surface area contributed by atoms with Crippen LogP contribution in [0.2, 0.25) is 0 Å². The number of hydrogen-bond donors (Lipinski definition) is 0. The van der Waals surface area contributed by atoms with E-state index in [4.69, 9.17) is 0 Å². The fourth-order valence-electron chi connectivity index (χ4n) is 2.78. The first-order valence-electron chi connectivity index (χ1n) is 7.52. The van der Waals surface area contributed by atoms with Crippen molar-refractivity contribution in [3.8, 4) is 0 Å². The molecule has 1 aromatic rings. The summed E-state index contributed by atoms with van der Waals surface area (Å²) in [6.45, 7) is 2.40. The van der Waals surface area contributed by atoms with Crippen LogP contribution in [0.1, 0.15) is 5.69 Å². The van der Waals surface area contributed by atoms with Gasteiger partial charge in [0.05, 0.1) is 24.2 Å². The molecule has 9 heteroatoms. The van der Waals surface area contributed by atoms with Gasteiger partial charge in [0, 0.05) is 60.1 Å². The van der Waals surface area contributed by atoms with Gasteiger partial charge in [0.15, 0.2) is 0 Å². The Bertz CT molecular complexity index is 655. The highest BCUT2D eigenvalue weighted by molar-refractivity contribution is 7.88. The smallest absolute Gasteiger partial charge is 0.227 e. The molecular weight excluding hydrogens is 318 g/mol. The Morgan fingerprint density at radius 2 is 2.04 bits per heavy atom. The molecule has 0 saturated carbocycles. The third-order valence-corrected chi connectivity index (χ3v) is 5.40. The molecule has 2 heterocycles. The van der Waals surface area contributed by atoms with Crippen LogP contribution in [-0.4, -0.2) is 84.5 Å². The number of aromatic nitrogens is 2. The van der Waals surface area contributed by atoms with E-state index in [1.165, 1.54) is 15.5 Å². The summed E-state index contributed by atoms with van der Waals surface area (Å²) >= 11 is 0. The van der Waals surface area contributed by atoms with Crippen molar-refractivity contribution < 1.29 is 13.2 Å². The number of rotatable bonds is 4. The Balaban J connectivity index is 2.19. The fourth-order valence-corrected chi connectivity index (χ4v) is 3.65. The van der Waals surface area contributed by atoms with Gasteiger partial charge in [-0.3, -0.25) is 9.69 Å². The molecule has 2 rings (SSSR count). The molecule has 1 aliphatic rings. The van der Waals surface area contributed by atoms with Crippen molar-refractivity contribution >= 4 is 15.9 Å². The monoisotopic (exact) mass is 343 g/mol.